The van der Waals surface area contributed by atoms with E-state index in [1.807, 2.05) is 34.1 Å². The number of benzene rings is 1. The Morgan fingerprint density at radius 3 is 2.82 bits per heavy atom. The van der Waals surface area contributed by atoms with Crippen molar-refractivity contribution in [1.82, 2.24) is 10.2 Å². The number of nitrogens with zero attached hydrogens (tertiary/aromatic N) is 2. The number of esters is 1. The lowest BCUT2D eigenvalue weighted by molar-refractivity contribution is -0.140. The van der Waals surface area contributed by atoms with Crippen LogP contribution >= 0.6 is 0 Å². The van der Waals surface area contributed by atoms with Gasteiger partial charge in [-0.3, -0.25) is 9.69 Å². The second-order valence-corrected chi connectivity index (χ2v) is 5.69. The Labute approximate surface area is 130 Å². The van der Waals surface area contributed by atoms with Gasteiger partial charge in [0.15, 0.2) is 0 Å². The van der Waals surface area contributed by atoms with Gasteiger partial charge in [0.25, 0.3) is 0 Å². The minimum Gasteiger partial charge on any atom is -0.469 e. The lowest BCUT2D eigenvalue weighted by Crippen LogP contribution is -2.49. The van der Waals surface area contributed by atoms with E-state index in [1.165, 1.54) is 7.11 Å². The Bertz CT molecular complexity index is 558. The maximum absolute atomic E-state index is 12.4. The summed E-state index contributed by atoms with van der Waals surface area (Å²) in [5.74, 6) is -0.205. The van der Waals surface area contributed by atoms with Gasteiger partial charge in [-0.25, -0.2) is 4.79 Å². The summed E-state index contributed by atoms with van der Waals surface area (Å²) in [6.45, 7) is 3.23. The van der Waals surface area contributed by atoms with Gasteiger partial charge in [0.05, 0.1) is 13.2 Å². The molecule has 1 atom stereocenters. The van der Waals surface area contributed by atoms with Crippen LogP contribution in [0.1, 0.15) is 12.0 Å². The number of fused-ring (bicyclic) bond motifs is 1. The van der Waals surface area contributed by atoms with Gasteiger partial charge in [-0.15, -0.1) is 0 Å². The highest BCUT2D eigenvalue weighted by atomic mass is 16.5. The zero-order chi connectivity index (χ0) is 15.5. The van der Waals surface area contributed by atoms with Crippen LogP contribution in [0.25, 0.3) is 0 Å². The number of urea groups is 1. The van der Waals surface area contributed by atoms with E-state index in [0.29, 0.717) is 12.8 Å². The summed E-state index contributed by atoms with van der Waals surface area (Å²) >= 11 is 0. The van der Waals surface area contributed by atoms with Crippen LogP contribution in [0.3, 0.4) is 0 Å². The summed E-state index contributed by atoms with van der Waals surface area (Å²) in [4.78, 5) is 27.4. The van der Waals surface area contributed by atoms with Gasteiger partial charge in [-0.2, -0.15) is 0 Å². The van der Waals surface area contributed by atoms with Gasteiger partial charge in [-0.05, 0) is 24.1 Å². The number of piperazine rings is 1. The van der Waals surface area contributed by atoms with Crippen LogP contribution in [-0.4, -0.2) is 56.2 Å². The van der Waals surface area contributed by atoms with Crippen molar-refractivity contribution in [3.05, 3.63) is 29.8 Å². The molecule has 3 rings (SSSR count). The van der Waals surface area contributed by atoms with Gasteiger partial charge >= 0.3 is 12.0 Å². The van der Waals surface area contributed by atoms with Gasteiger partial charge in [0, 0.05) is 38.3 Å². The van der Waals surface area contributed by atoms with E-state index in [1.54, 1.807) is 0 Å². The first-order valence-corrected chi connectivity index (χ1v) is 7.63. The van der Waals surface area contributed by atoms with Crippen LogP contribution in [0.15, 0.2) is 24.3 Å². The maximum atomic E-state index is 12.4. The van der Waals surface area contributed by atoms with E-state index in [-0.39, 0.29) is 18.0 Å². The normalized spacial score (nSPS) is 21.0. The number of hydrogen-bond acceptors (Lipinski definition) is 4. The second kappa shape index (κ2) is 6.36. The molecule has 2 fully saturated rings. The van der Waals surface area contributed by atoms with E-state index in [9.17, 15) is 9.59 Å². The molecule has 0 aromatic heterocycles. The largest absolute Gasteiger partial charge is 0.469 e. The molecule has 0 aliphatic carbocycles. The van der Waals surface area contributed by atoms with Crippen LogP contribution in [-0.2, 0) is 16.0 Å². The van der Waals surface area contributed by atoms with Crippen molar-refractivity contribution in [1.29, 1.82) is 0 Å². The lowest BCUT2D eigenvalue weighted by Gasteiger charge is -2.28. The first kappa shape index (κ1) is 14.8. The molecule has 1 N–H and O–H groups in total. The topological polar surface area (TPSA) is 61.9 Å². The van der Waals surface area contributed by atoms with Crippen LogP contribution in [0.4, 0.5) is 10.5 Å². The molecule has 118 valence electrons. The van der Waals surface area contributed by atoms with Crippen molar-refractivity contribution in [2.75, 3.05) is 38.2 Å². The highest BCUT2D eigenvalue weighted by molar-refractivity contribution is 5.94. The number of anilines is 1. The predicted molar refractivity (Wildman–Crippen MR) is 82.9 cm³/mol. The quantitative estimate of drug-likeness (QED) is 0.843. The zero-order valence-corrected chi connectivity index (χ0v) is 12.7. The van der Waals surface area contributed by atoms with Gasteiger partial charge in [0.1, 0.15) is 0 Å². The van der Waals surface area contributed by atoms with Crippen molar-refractivity contribution in [2.24, 2.45) is 0 Å². The van der Waals surface area contributed by atoms with Crippen LogP contribution < -0.4 is 10.2 Å². The minimum atomic E-state index is -0.205. The monoisotopic (exact) mass is 303 g/mol. The Hall–Kier alpha value is -2.08. The number of carbonyl (C=O) groups excluding carboxylic acids is 2. The van der Waals surface area contributed by atoms with Crippen molar-refractivity contribution in [3.63, 3.8) is 0 Å². The van der Waals surface area contributed by atoms with Gasteiger partial charge in [-0.1, -0.05) is 12.1 Å². The molecule has 2 heterocycles. The van der Waals surface area contributed by atoms with Gasteiger partial charge in [0.2, 0.25) is 0 Å². The third kappa shape index (κ3) is 2.92. The number of rotatable bonds is 4. The number of nitrogens with one attached hydrogen (secondary N) is 1. The molecule has 22 heavy (non-hydrogen) atoms. The van der Waals surface area contributed by atoms with Crippen LogP contribution in [0, 0.1) is 0 Å². The maximum Gasteiger partial charge on any atom is 0.324 e. The molecule has 0 radical (unpaired) electrons. The van der Waals surface area contributed by atoms with Crippen molar-refractivity contribution in [2.45, 2.75) is 18.9 Å². The minimum absolute atomic E-state index is 0.0915. The molecule has 2 saturated heterocycles. The second-order valence-electron chi connectivity index (χ2n) is 5.69. The van der Waals surface area contributed by atoms with E-state index in [4.69, 9.17) is 0 Å². The predicted octanol–water partition coefficient (Wildman–Crippen LogP) is 1.01. The summed E-state index contributed by atoms with van der Waals surface area (Å²) in [6, 6.07) is 8.21. The van der Waals surface area contributed by atoms with E-state index < -0.39 is 0 Å². The summed E-state index contributed by atoms with van der Waals surface area (Å²) in [7, 11) is 1.40. The molecular formula is C16H21N3O3. The number of ether oxygens (including phenoxy) is 1. The number of methoxy groups -OCH3 is 1. The molecule has 6 nitrogen and oxygen atoms in total. The molecule has 6 heteroatoms. The molecule has 0 bridgehead atoms. The van der Waals surface area contributed by atoms with Crippen LogP contribution in [0.2, 0.25) is 0 Å². The molecule has 1 aromatic rings. The third-order valence-corrected chi connectivity index (χ3v) is 4.31. The van der Waals surface area contributed by atoms with E-state index >= 15 is 0 Å². The number of aryl methyl sites for hydroxylation is 1. The standard InChI is InChI=1S/C16H21N3O3/c1-22-15(20)7-4-12-2-5-13(6-3-12)19-11-14-10-17-8-9-18(14)16(19)21/h2-3,5-6,14,17H,4,7-11H2,1H3/t14-/m0/s1. The number of carbonyl (C=O) groups is 2. The fourth-order valence-corrected chi connectivity index (χ4v) is 3.03. The Kier molecular flexibility index (Phi) is 4.29. The molecule has 0 unspecified atom stereocenters. The fourth-order valence-electron chi connectivity index (χ4n) is 3.03. The Morgan fingerprint density at radius 1 is 1.36 bits per heavy atom. The van der Waals surface area contributed by atoms with E-state index in [0.717, 1.165) is 37.4 Å². The van der Waals surface area contributed by atoms with Crippen molar-refractivity contribution >= 4 is 17.7 Å². The average molecular weight is 303 g/mol. The highest BCUT2D eigenvalue weighted by Crippen LogP contribution is 2.25. The summed E-state index contributed by atoms with van der Waals surface area (Å²) < 4.78 is 4.64. The molecule has 1 aromatic carbocycles. The Balaban J connectivity index is 1.65. The fraction of sp³-hybridized carbons (Fsp3) is 0.500. The molecule has 2 aliphatic rings. The smallest absolute Gasteiger partial charge is 0.324 e. The molecule has 2 aliphatic heterocycles. The highest BCUT2D eigenvalue weighted by Gasteiger charge is 2.38. The Morgan fingerprint density at radius 2 is 2.14 bits per heavy atom. The summed E-state index contributed by atoms with van der Waals surface area (Å²) in [5, 5.41) is 3.33. The molecule has 0 spiro atoms. The van der Waals surface area contributed by atoms with Crippen LogP contribution in [0.5, 0.6) is 0 Å². The third-order valence-electron chi connectivity index (χ3n) is 4.31. The summed E-state index contributed by atoms with van der Waals surface area (Å²) in [6.07, 6.45) is 1.03. The summed E-state index contributed by atoms with van der Waals surface area (Å²) in [5.41, 5.74) is 1.99. The van der Waals surface area contributed by atoms with Crippen molar-refractivity contribution in [3.8, 4) is 0 Å². The van der Waals surface area contributed by atoms with Crippen molar-refractivity contribution < 1.29 is 14.3 Å². The first-order valence-electron chi connectivity index (χ1n) is 7.63. The SMILES string of the molecule is COC(=O)CCc1ccc(N2C[C@@H]3CNCCN3C2=O)cc1. The number of amides is 2. The zero-order valence-electron chi connectivity index (χ0n) is 12.7. The first-order chi connectivity index (χ1) is 10.7. The molecule has 0 saturated carbocycles. The lowest BCUT2D eigenvalue weighted by atomic mass is 10.1. The van der Waals surface area contributed by atoms with E-state index in [2.05, 4.69) is 10.1 Å². The molecular weight excluding hydrogens is 282 g/mol. The molecule has 2 amide bonds. The van der Waals surface area contributed by atoms with Gasteiger partial charge < -0.3 is 15.0 Å². The number of hydrogen-bond donors (Lipinski definition) is 1. The average Bonchev–Trinajstić information content (AvgIpc) is 2.90.